The normalized spacial score (nSPS) is 17.7. The Bertz CT molecular complexity index is 576. The topological polar surface area (TPSA) is 51.8 Å². The van der Waals surface area contributed by atoms with Gasteiger partial charge in [-0.25, -0.2) is 9.97 Å². The van der Waals surface area contributed by atoms with Gasteiger partial charge in [0.25, 0.3) is 0 Å². The monoisotopic (exact) mass is 277 g/mol. The molecular formula is C12H12BrN3. The van der Waals surface area contributed by atoms with Crippen LogP contribution < -0.4 is 5.73 Å². The van der Waals surface area contributed by atoms with Gasteiger partial charge in [-0.1, -0.05) is 15.9 Å². The van der Waals surface area contributed by atoms with Crippen LogP contribution >= 0.6 is 15.9 Å². The van der Waals surface area contributed by atoms with Crippen molar-refractivity contribution in [3.63, 3.8) is 0 Å². The Balaban J connectivity index is 2.26. The highest BCUT2D eigenvalue weighted by Crippen LogP contribution is 2.41. The number of aryl methyl sites for hydroxylation is 1. The SMILES string of the molecule is Cc1nc(C2(N)CC2)nc2ccc(Br)cc12. The summed E-state index contributed by atoms with van der Waals surface area (Å²) in [5.41, 5.74) is 7.84. The second-order valence-electron chi connectivity index (χ2n) is 4.45. The highest BCUT2D eigenvalue weighted by atomic mass is 79.9. The largest absolute Gasteiger partial charge is 0.319 e. The standard InChI is InChI=1S/C12H12BrN3/c1-7-9-6-8(13)2-3-10(9)16-11(15-7)12(14)4-5-12/h2-3,6H,4-5,14H2,1H3. The number of nitrogens with two attached hydrogens (primary N) is 1. The van der Waals surface area contributed by atoms with Crippen LogP contribution in [0.1, 0.15) is 24.4 Å². The van der Waals surface area contributed by atoms with Gasteiger partial charge in [0.15, 0.2) is 0 Å². The van der Waals surface area contributed by atoms with Gasteiger partial charge in [0.1, 0.15) is 5.82 Å². The summed E-state index contributed by atoms with van der Waals surface area (Å²) in [7, 11) is 0. The third-order valence-corrected chi connectivity index (χ3v) is 3.58. The fourth-order valence-corrected chi connectivity index (χ4v) is 2.20. The van der Waals surface area contributed by atoms with Crippen molar-refractivity contribution in [1.82, 2.24) is 9.97 Å². The quantitative estimate of drug-likeness (QED) is 0.872. The molecule has 3 rings (SSSR count). The van der Waals surface area contributed by atoms with Crippen LogP contribution in [0.4, 0.5) is 0 Å². The number of rotatable bonds is 1. The van der Waals surface area contributed by atoms with Gasteiger partial charge in [-0.15, -0.1) is 0 Å². The molecule has 0 radical (unpaired) electrons. The average molecular weight is 278 g/mol. The van der Waals surface area contributed by atoms with Gasteiger partial charge in [-0.05, 0) is 38.0 Å². The maximum Gasteiger partial charge on any atom is 0.149 e. The minimum Gasteiger partial charge on any atom is -0.319 e. The van der Waals surface area contributed by atoms with Gasteiger partial charge in [0, 0.05) is 15.6 Å². The summed E-state index contributed by atoms with van der Waals surface area (Å²) in [5.74, 6) is 0.792. The number of aromatic nitrogens is 2. The zero-order valence-corrected chi connectivity index (χ0v) is 10.6. The van der Waals surface area contributed by atoms with E-state index in [0.29, 0.717) is 0 Å². The molecule has 1 aliphatic carbocycles. The number of benzene rings is 1. The first kappa shape index (κ1) is 10.2. The number of halogens is 1. The van der Waals surface area contributed by atoms with Crippen molar-refractivity contribution in [3.8, 4) is 0 Å². The summed E-state index contributed by atoms with van der Waals surface area (Å²) < 4.78 is 1.05. The molecule has 1 aromatic carbocycles. The maximum absolute atomic E-state index is 6.12. The molecule has 82 valence electrons. The van der Waals surface area contributed by atoms with Crippen LogP contribution in [0, 0.1) is 6.92 Å². The summed E-state index contributed by atoms with van der Waals surface area (Å²) in [6, 6.07) is 6.04. The van der Waals surface area contributed by atoms with Crippen LogP contribution in [0.3, 0.4) is 0 Å². The molecular weight excluding hydrogens is 266 g/mol. The van der Waals surface area contributed by atoms with Crippen molar-refractivity contribution >= 4 is 26.8 Å². The van der Waals surface area contributed by atoms with Crippen LogP contribution in [0.5, 0.6) is 0 Å². The van der Waals surface area contributed by atoms with Crippen molar-refractivity contribution in [2.45, 2.75) is 25.3 Å². The minimum absolute atomic E-state index is 0.258. The zero-order valence-electron chi connectivity index (χ0n) is 9.00. The average Bonchev–Trinajstić information content (AvgIpc) is 2.99. The van der Waals surface area contributed by atoms with Gasteiger partial charge in [-0.3, -0.25) is 0 Å². The molecule has 1 heterocycles. The molecule has 0 atom stereocenters. The second kappa shape index (κ2) is 3.25. The van der Waals surface area contributed by atoms with E-state index in [1.165, 1.54) is 0 Å². The lowest BCUT2D eigenvalue weighted by Gasteiger charge is -2.10. The molecule has 0 unspecified atom stereocenters. The van der Waals surface area contributed by atoms with Gasteiger partial charge < -0.3 is 5.73 Å². The lowest BCUT2D eigenvalue weighted by atomic mass is 10.1. The van der Waals surface area contributed by atoms with E-state index < -0.39 is 0 Å². The third kappa shape index (κ3) is 1.53. The molecule has 3 nitrogen and oxygen atoms in total. The van der Waals surface area contributed by atoms with E-state index in [1.54, 1.807) is 0 Å². The minimum atomic E-state index is -0.258. The molecule has 4 heteroatoms. The van der Waals surface area contributed by atoms with Crippen molar-refractivity contribution in [3.05, 3.63) is 34.2 Å². The van der Waals surface area contributed by atoms with Crippen LogP contribution in [0.2, 0.25) is 0 Å². The van der Waals surface area contributed by atoms with E-state index in [9.17, 15) is 0 Å². The molecule has 0 aliphatic heterocycles. The van der Waals surface area contributed by atoms with Crippen LogP contribution in [0.25, 0.3) is 10.9 Å². The summed E-state index contributed by atoms with van der Waals surface area (Å²) >= 11 is 3.46. The van der Waals surface area contributed by atoms with E-state index in [1.807, 2.05) is 25.1 Å². The molecule has 16 heavy (non-hydrogen) atoms. The number of fused-ring (bicyclic) bond motifs is 1. The summed E-state index contributed by atoms with van der Waals surface area (Å²) in [4.78, 5) is 9.07. The van der Waals surface area contributed by atoms with Crippen molar-refractivity contribution in [2.24, 2.45) is 5.73 Å². The molecule has 0 saturated heterocycles. The van der Waals surface area contributed by atoms with Crippen molar-refractivity contribution in [1.29, 1.82) is 0 Å². The Kier molecular flexibility index (Phi) is 2.06. The first-order valence-corrected chi connectivity index (χ1v) is 6.11. The first-order valence-electron chi connectivity index (χ1n) is 5.32. The summed E-state index contributed by atoms with van der Waals surface area (Å²) in [6.45, 7) is 2.01. The number of nitrogens with zero attached hydrogens (tertiary/aromatic N) is 2. The van der Waals surface area contributed by atoms with Gasteiger partial charge >= 0.3 is 0 Å². The molecule has 2 N–H and O–H groups in total. The van der Waals surface area contributed by atoms with E-state index in [-0.39, 0.29) is 5.54 Å². The van der Waals surface area contributed by atoms with Crippen LogP contribution in [0.15, 0.2) is 22.7 Å². The second-order valence-corrected chi connectivity index (χ2v) is 5.37. The van der Waals surface area contributed by atoms with Gasteiger partial charge in [0.05, 0.1) is 11.1 Å². The number of hydrogen-bond acceptors (Lipinski definition) is 3. The summed E-state index contributed by atoms with van der Waals surface area (Å²) in [5, 5.41) is 1.09. The van der Waals surface area contributed by atoms with Gasteiger partial charge in [0.2, 0.25) is 0 Å². The maximum atomic E-state index is 6.12. The third-order valence-electron chi connectivity index (χ3n) is 3.08. The molecule has 1 aromatic heterocycles. The first-order chi connectivity index (χ1) is 7.58. The van der Waals surface area contributed by atoms with E-state index >= 15 is 0 Å². The Morgan fingerprint density at radius 1 is 1.31 bits per heavy atom. The predicted octanol–water partition coefficient (Wildman–Crippen LogP) is 2.65. The lowest BCUT2D eigenvalue weighted by Crippen LogP contribution is -2.22. The van der Waals surface area contributed by atoms with Gasteiger partial charge in [-0.2, -0.15) is 0 Å². The Labute approximate surface area is 102 Å². The molecule has 2 aromatic rings. The van der Waals surface area contributed by atoms with E-state index in [2.05, 4.69) is 25.9 Å². The zero-order chi connectivity index (χ0) is 11.3. The Morgan fingerprint density at radius 2 is 2.06 bits per heavy atom. The predicted molar refractivity (Wildman–Crippen MR) is 67.1 cm³/mol. The molecule has 0 bridgehead atoms. The van der Waals surface area contributed by atoms with Crippen molar-refractivity contribution < 1.29 is 0 Å². The van der Waals surface area contributed by atoms with Crippen LogP contribution in [-0.2, 0) is 5.54 Å². The highest BCUT2D eigenvalue weighted by Gasteiger charge is 2.43. The fraction of sp³-hybridized carbons (Fsp3) is 0.333. The highest BCUT2D eigenvalue weighted by molar-refractivity contribution is 9.10. The fourth-order valence-electron chi connectivity index (χ4n) is 1.83. The van der Waals surface area contributed by atoms with Crippen LogP contribution in [-0.4, -0.2) is 9.97 Å². The Hall–Kier alpha value is -1.000. The molecule has 1 saturated carbocycles. The lowest BCUT2D eigenvalue weighted by molar-refractivity contribution is 0.674. The molecule has 1 aliphatic rings. The molecule has 0 amide bonds. The van der Waals surface area contributed by atoms with E-state index in [4.69, 9.17) is 5.73 Å². The smallest absolute Gasteiger partial charge is 0.149 e. The number of hydrogen-bond donors (Lipinski definition) is 1. The molecule has 1 fully saturated rings. The molecule has 0 spiro atoms. The van der Waals surface area contributed by atoms with Crippen molar-refractivity contribution in [2.75, 3.05) is 0 Å². The van der Waals surface area contributed by atoms with E-state index in [0.717, 1.165) is 39.7 Å². The Morgan fingerprint density at radius 3 is 2.75 bits per heavy atom. The summed E-state index contributed by atoms with van der Waals surface area (Å²) in [6.07, 6.45) is 1.99.